The lowest BCUT2D eigenvalue weighted by atomic mass is 10.1. The van der Waals surface area contributed by atoms with Gasteiger partial charge >= 0.3 is 0 Å². The van der Waals surface area contributed by atoms with Crippen LogP contribution in [0.2, 0.25) is 0 Å². The minimum Gasteiger partial charge on any atom is -0.464 e. The molecule has 0 radical (unpaired) electrons. The smallest absolute Gasteiger partial charge is 0.134 e. The van der Waals surface area contributed by atoms with E-state index in [2.05, 4.69) is 0 Å². The summed E-state index contributed by atoms with van der Waals surface area (Å²) in [5.41, 5.74) is 2.02. The molecule has 0 atom stereocenters. The Hall–Kier alpha value is -1.31. The van der Waals surface area contributed by atoms with Crippen molar-refractivity contribution < 1.29 is 8.81 Å². The van der Waals surface area contributed by atoms with Crippen LogP contribution in [0.4, 0.5) is 4.39 Å². The molecule has 0 saturated heterocycles. The third-order valence-electron chi connectivity index (χ3n) is 2.12. The lowest BCUT2D eigenvalue weighted by molar-refractivity contribution is 0.473. The zero-order valence-corrected chi connectivity index (χ0v) is 7.29. The van der Waals surface area contributed by atoms with E-state index >= 15 is 0 Å². The van der Waals surface area contributed by atoms with E-state index in [1.165, 1.54) is 0 Å². The molecule has 0 N–H and O–H groups in total. The maximum Gasteiger partial charge on any atom is 0.134 e. The Balaban J connectivity index is 2.26. The molecule has 1 heterocycles. The molecule has 0 aliphatic carbocycles. The standard InChI is InChI=1S/C11H11FO/c12-6-1-2-9-3-4-10-5-7-13-11(10)8-9/h3-5,7-8H,1-2,6H2. The van der Waals surface area contributed by atoms with Gasteiger partial charge in [-0.05, 0) is 30.5 Å². The predicted molar refractivity (Wildman–Crippen MR) is 50.5 cm³/mol. The van der Waals surface area contributed by atoms with Crippen molar-refractivity contribution in [1.29, 1.82) is 0 Å². The normalized spacial score (nSPS) is 10.8. The number of halogens is 1. The van der Waals surface area contributed by atoms with E-state index in [9.17, 15) is 4.39 Å². The summed E-state index contributed by atoms with van der Waals surface area (Å²) in [5.74, 6) is 0. The zero-order chi connectivity index (χ0) is 9.10. The monoisotopic (exact) mass is 178 g/mol. The van der Waals surface area contributed by atoms with Gasteiger partial charge in [-0.15, -0.1) is 0 Å². The maximum absolute atomic E-state index is 11.9. The lowest BCUT2D eigenvalue weighted by Gasteiger charge is -1.97. The third kappa shape index (κ3) is 1.72. The summed E-state index contributed by atoms with van der Waals surface area (Å²) in [4.78, 5) is 0. The molecule has 0 aliphatic heterocycles. The summed E-state index contributed by atoms with van der Waals surface area (Å²) < 4.78 is 17.2. The number of hydrogen-bond donors (Lipinski definition) is 0. The molecule has 2 aromatic rings. The van der Waals surface area contributed by atoms with Gasteiger partial charge in [-0.3, -0.25) is 4.39 Å². The van der Waals surface area contributed by atoms with E-state index in [4.69, 9.17) is 4.42 Å². The Kier molecular flexibility index (Phi) is 2.30. The van der Waals surface area contributed by atoms with Crippen molar-refractivity contribution in [3.05, 3.63) is 36.1 Å². The SMILES string of the molecule is FCCCc1ccc2ccoc2c1. The van der Waals surface area contributed by atoms with Gasteiger partial charge in [0.2, 0.25) is 0 Å². The van der Waals surface area contributed by atoms with Crippen molar-refractivity contribution in [2.45, 2.75) is 12.8 Å². The molecule has 0 amide bonds. The van der Waals surface area contributed by atoms with Crippen LogP contribution < -0.4 is 0 Å². The van der Waals surface area contributed by atoms with Crippen molar-refractivity contribution >= 4 is 11.0 Å². The van der Waals surface area contributed by atoms with Gasteiger partial charge in [0.05, 0.1) is 12.9 Å². The predicted octanol–water partition coefficient (Wildman–Crippen LogP) is 3.33. The van der Waals surface area contributed by atoms with Crippen LogP contribution in [0.25, 0.3) is 11.0 Å². The molecular weight excluding hydrogens is 167 g/mol. The molecule has 0 unspecified atom stereocenters. The summed E-state index contributed by atoms with van der Waals surface area (Å²) in [7, 11) is 0. The molecule has 0 saturated carbocycles. The molecular formula is C11H11FO. The summed E-state index contributed by atoms with van der Waals surface area (Å²) >= 11 is 0. The van der Waals surface area contributed by atoms with Crippen molar-refractivity contribution in [2.24, 2.45) is 0 Å². The number of rotatable bonds is 3. The number of alkyl halides is 1. The largest absolute Gasteiger partial charge is 0.464 e. The number of fused-ring (bicyclic) bond motifs is 1. The molecule has 1 aromatic carbocycles. The van der Waals surface area contributed by atoms with Crippen LogP contribution >= 0.6 is 0 Å². The van der Waals surface area contributed by atoms with E-state index in [0.29, 0.717) is 6.42 Å². The van der Waals surface area contributed by atoms with E-state index in [0.717, 1.165) is 23.0 Å². The van der Waals surface area contributed by atoms with Gasteiger partial charge in [-0.1, -0.05) is 12.1 Å². The molecule has 68 valence electrons. The van der Waals surface area contributed by atoms with Crippen molar-refractivity contribution in [2.75, 3.05) is 6.67 Å². The quantitative estimate of drug-likeness (QED) is 0.702. The van der Waals surface area contributed by atoms with Crippen LogP contribution in [0.1, 0.15) is 12.0 Å². The first-order chi connectivity index (χ1) is 6.40. The van der Waals surface area contributed by atoms with Crippen LogP contribution in [-0.4, -0.2) is 6.67 Å². The van der Waals surface area contributed by atoms with Crippen LogP contribution in [0, 0.1) is 0 Å². The Bertz CT molecular complexity index is 392. The summed E-state index contributed by atoms with van der Waals surface area (Å²) in [6.45, 7) is -0.254. The molecule has 1 aromatic heterocycles. The Labute approximate surface area is 76.2 Å². The van der Waals surface area contributed by atoms with Gasteiger partial charge in [-0.25, -0.2) is 0 Å². The maximum atomic E-state index is 11.9. The van der Waals surface area contributed by atoms with Crippen LogP contribution in [0.15, 0.2) is 34.9 Å². The Morgan fingerprint density at radius 3 is 3.00 bits per heavy atom. The zero-order valence-electron chi connectivity index (χ0n) is 7.29. The number of benzene rings is 1. The van der Waals surface area contributed by atoms with Gasteiger partial charge < -0.3 is 4.42 Å². The lowest BCUT2D eigenvalue weighted by Crippen LogP contribution is -1.85. The van der Waals surface area contributed by atoms with E-state index in [1.807, 2.05) is 24.3 Å². The topological polar surface area (TPSA) is 13.1 Å². The molecule has 0 aliphatic rings. The van der Waals surface area contributed by atoms with Gasteiger partial charge in [0.1, 0.15) is 5.58 Å². The summed E-state index contributed by atoms with van der Waals surface area (Å²) in [5, 5.41) is 1.10. The van der Waals surface area contributed by atoms with Crippen molar-refractivity contribution in [1.82, 2.24) is 0 Å². The highest BCUT2D eigenvalue weighted by atomic mass is 19.1. The molecule has 0 spiro atoms. The van der Waals surface area contributed by atoms with Crippen molar-refractivity contribution in [3.8, 4) is 0 Å². The van der Waals surface area contributed by atoms with Gasteiger partial charge in [0.15, 0.2) is 0 Å². The highest BCUT2D eigenvalue weighted by Gasteiger charge is 1.98. The van der Waals surface area contributed by atoms with Crippen LogP contribution in [0.5, 0.6) is 0 Å². The molecule has 2 heteroatoms. The highest BCUT2D eigenvalue weighted by molar-refractivity contribution is 5.77. The molecule has 0 fully saturated rings. The van der Waals surface area contributed by atoms with E-state index in [-0.39, 0.29) is 6.67 Å². The number of hydrogen-bond acceptors (Lipinski definition) is 1. The minimum atomic E-state index is -0.254. The first kappa shape index (κ1) is 8.30. The summed E-state index contributed by atoms with van der Waals surface area (Å²) in [6, 6.07) is 7.93. The van der Waals surface area contributed by atoms with Gasteiger partial charge in [-0.2, -0.15) is 0 Å². The fourth-order valence-electron chi connectivity index (χ4n) is 1.43. The average molecular weight is 178 g/mol. The number of aryl methyl sites for hydroxylation is 1. The van der Waals surface area contributed by atoms with Crippen LogP contribution in [-0.2, 0) is 6.42 Å². The Morgan fingerprint density at radius 1 is 1.23 bits per heavy atom. The first-order valence-corrected chi connectivity index (χ1v) is 4.42. The molecule has 13 heavy (non-hydrogen) atoms. The van der Waals surface area contributed by atoms with Crippen LogP contribution in [0.3, 0.4) is 0 Å². The molecule has 1 nitrogen and oxygen atoms in total. The highest BCUT2D eigenvalue weighted by Crippen LogP contribution is 2.17. The second-order valence-corrected chi connectivity index (χ2v) is 3.09. The third-order valence-corrected chi connectivity index (χ3v) is 2.12. The Morgan fingerprint density at radius 2 is 2.15 bits per heavy atom. The number of furan rings is 1. The van der Waals surface area contributed by atoms with E-state index < -0.39 is 0 Å². The molecule has 2 rings (SSSR count). The fraction of sp³-hybridized carbons (Fsp3) is 0.273. The second kappa shape index (κ2) is 3.60. The summed E-state index contributed by atoms with van der Waals surface area (Å²) in [6.07, 6.45) is 3.04. The minimum absolute atomic E-state index is 0.254. The van der Waals surface area contributed by atoms with Gasteiger partial charge in [0.25, 0.3) is 0 Å². The average Bonchev–Trinajstić information content (AvgIpc) is 2.61. The second-order valence-electron chi connectivity index (χ2n) is 3.09. The van der Waals surface area contributed by atoms with Crippen molar-refractivity contribution in [3.63, 3.8) is 0 Å². The first-order valence-electron chi connectivity index (χ1n) is 4.42. The molecule has 0 bridgehead atoms. The van der Waals surface area contributed by atoms with Gasteiger partial charge in [0, 0.05) is 5.39 Å². The van der Waals surface area contributed by atoms with E-state index in [1.54, 1.807) is 6.26 Å². The fourth-order valence-corrected chi connectivity index (χ4v) is 1.43.